The molecule has 0 spiro atoms. The summed E-state index contributed by atoms with van der Waals surface area (Å²) in [4.78, 5) is 0. The molecule has 13 heavy (non-hydrogen) atoms. The topological polar surface area (TPSA) is 118 Å². The van der Waals surface area contributed by atoms with Crippen molar-refractivity contribution in [3.63, 3.8) is 0 Å². The highest BCUT2D eigenvalue weighted by molar-refractivity contribution is 6.23. The van der Waals surface area contributed by atoms with Crippen LogP contribution in [-0.2, 0) is 9.47 Å². The second-order valence-electron chi connectivity index (χ2n) is 2.20. The molecule has 0 aromatic rings. The van der Waals surface area contributed by atoms with E-state index < -0.39 is 12.0 Å². The fraction of sp³-hybridized carbons (Fsp3) is 0.600. The first kappa shape index (κ1) is 12.0. The van der Waals surface area contributed by atoms with Gasteiger partial charge in [0.15, 0.2) is 0 Å². The van der Waals surface area contributed by atoms with E-state index in [2.05, 4.69) is 0 Å². The molecule has 0 bridgehead atoms. The molecule has 8 heteroatoms. The van der Waals surface area contributed by atoms with E-state index in [1.54, 1.807) is 0 Å². The number of hydrogen-bond donors (Lipinski definition) is 4. The summed E-state index contributed by atoms with van der Waals surface area (Å²) in [6.07, 6.45) is 0. The molecule has 0 aliphatic carbocycles. The van der Waals surface area contributed by atoms with Crippen LogP contribution in [0.15, 0.2) is 0 Å². The molecule has 0 aromatic carbocycles. The highest BCUT2D eigenvalue weighted by Gasteiger charge is 2.07. The molecule has 4 radical (unpaired) electrons. The van der Waals surface area contributed by atoms with Crippen LogP contribution in [0.4, 0.5) is 0 Å². The third-order valence-electron chi connectivity index (χ3n) is 1.11. The lowest BCUT2D eigenvalue weighted by atomic mass is 9.99. The molecule has 68 valence electrons. The molecule has 0 fully saturated rings. The Morgan fingerprint density at radius 2 is 1.38 bits per heavy atom. The number of nitrogens with two attached hydrogens (primary N) is 2. The standard InChI is InChI=1S/C5H10B2N4O2/c6-2(4(8)9)12-1-13-3(7)5(10)11/h2-3H,1H2,(H3,8,9)(H3,10,11). The number of nitrogens with one attached hydrogen (secondary N) is 2. The van der Waals surface area contributed by atoms with Gasteiger partial charge in [0.2, 0.25) is 0 Å². The summed E-state index contributed by atoms with van der Waals surface area (Å²) in [6, 6.07) is -2.06. The van der Waals surface area contributed by atoms with Gasteiger partial charge in [-0.25, -0.2) is 0 Å². The van der Waals surface area contributed by atoms with Crippen molar-refractivity contribution in [3.8, 4) is 0 Å². The van der Waals surface area contributed by atoms with E-state index in [9.17, 15) is 0 Å². The van der Waals surface area contributed by atoms with Gasteiger partial charge in [0.25, 0.3) is 0 Å². The number of ether oxygens (including phenoxy) is 2. The van der Waals surface area contributed by atoms with E-state index in [1.807, 2.05) is 0 Å². The van der Waals surface area contributed by atoms with Gasteiger partial charge in [-0.1, -0.05) is 0 Å². The van der Waals surface area contributed by atoms with Gasteiger partial charge in [0.1, 0.15) is 34.2 Å². The molecule has 0 amide bonds. The average Bonchev–Trinajstić information content (AvgIpc) is 2.03. The molecule has 0 heterocycles. The maximum atomic E-state index is 6.84. The van der Waals surface area contributed by atoms with E-state index in [0.29, 0.717) is 0 Å². The Bertz CT molecular complexity index is 181. The van der Waals surface area contributed by atoms with Crippen molar-refractivity contribution in [1.29, 1.82) is 10.8 Å². The molecule has 6 N–H and O–H groups in total. The summed E-state index contributed by atoms with van der Waals surface area (Å²) in [5.74, 6) is -0.639. The minimum atomic E-state index is -1.03. The van der Waals surface area contributed by atoms with Crippen molar-refractivity contribution in [1.82, 2.24) is 0 Å². The Morgan fingerprint density at radius 3 is 1.62 bits per heavy atom. The molecule has 2 atom stereocenters. The van der Waals surface area contributed by atoms with Gasteiger partial charge in [-0.15, -0.1) is 0 Å². The van der Waals surface area contributed by atoms with Gasteiger partial charge >= 0.3 is 0 Å². The Kier molecular flexibility index (Phi) is 5.17. The second kappa shape index (κ2) is 5.60. The molecule has 6 nitrogen and oxygen atoms in total. The molecule has 0 aliphatic heterocycles. The monoisotopic (exact) mass is 180 g/mol. The van der Waals surface area contributed by atoms with E-state index in [-0.39, 0.29) is 18.5 Å². The fourth-order valence-electron chi connectivity index (χ4n) is 0.365. The molecule has 2 unspecified atom stereocenters. The third kappa shape index (κ3) is 5.26. The van der Waals surface area contributed by atoms with Crippen LogP contribution in [-0.4, -0.2) is 46.2 Å². The lowest BCUT2D eigenvalue weighted by molar-refractivity contribution is -0.0484. The minimum Gasteiger partial charge on any atom is -0.386 e. The number of rotatable bonds is 6. The van der Waals surface area contributed by atoms with Crippen molar-refractivity contribution >= 4 is 27.4 Å². The molecular weight excluding hydrogens is 170 g/mol. The molecule has 0 aliphatic rings. The van der Waals surface area contributed by atoms with Crippen LogP contribution in [0.5, 0.6) is 0 Å². The van der Waals surface area contributed by atoms with Crippen LogP contribution in [0.1, 0.15) is 0 Å². The zero-order chi connectivity index (χ0) is 10.4. The van der Waals surface area contributed by atoms with Crippen LogP contribution < -0.4 is 11.5 Å². The maximum Gasteiger partial charge on any atom is 0.146 e. The van der Waals surface area contributed by atoms with Crippen molar-refractivity contribution in [2.75, 3.05) is 6.79 Å². The minimum absolute atomic E-state index is 0.276. The van der Waals surface area contributed by atoms with Crippen molar-refractivity contribution in [2.45, 2.75) is 12.0 Å². The highest BCUT2D eigenvalue weighted by atomic mass is 16.7. The summed E-state index contributed by atoms with van der Waals surface area (Å²) < 4.78 is 9.40. The van der Waals surface area contributed by atoms with Crippen LogP contribution in [0.3, 0.4) is 0 Å². The molecule has 0 aromatic heterocycles. The Morgan fingerprint density at radius 1 is 1.08 bits per heavy atom. The summed E-state index contributed by atoms with van der Waals surface area (Å²) in [5, 5.41) is 13.7. The van der Waals surface area contributed by atoms with E-state index in [4.69, 9.17) is 47.5 Å². The smallest absolute Gasteiger partial charge is 0.146 e. The number of amidine groups is 2. The quantitative estimate of drug-likeness (QED) is 0.161. The van der Waals surface area contributed by atoms with Crippen LogP contribution >= 0.6 is 0 Å². The first-order valence-corrected chi connectivity index (χ1v) is 3.37. The van der Waals surface area contributed by atoms with E-state index in [1.165, 1.54) is 0 Å². The molecule has 0 saturated carbocycles. The highest BCUT2D eigenvalue weighted by Crippen LogP contribution is 1.89. The Labute approximate surface area is 78.8 Å². The zero-order valence-electron chi connectivity index (χ0n) is 6.99. The van der Waals surface area contributed by atoms with Crippen molar-refractivity contribution in [2.24, 2.45) is 11.5 Å². The predicted molar refractivity (Wildman–Crippen MR) is 49.9 cm³/mol. The van der Waals surface area contributed by atoms with Crippen molar-refractivity contribution in [3.05, 3.63) is 0 Å². The summed E-state index contributed by atoms with van der Waals surface area (Å²) in [5.41, 5.74) is 9.98. The van der Waals surface area contributed by atoms with E-state index >= 15 is 0 Å². The second-order valence-corrected chi connectivity index (χ2v) is 2.20. The fourth-order valence-corrected chi connectivity index (χ4v) is 0.365. The zero-order valence-corrected chi connectivity index (χ0v) is 6.99. The predicted octanol–water partition coefficient (Wildman–Crippen LogP) is -2.16. The van der Waals surface area contributed by atoms with Gasteiger partial charge in [0.05, 0.1) is 12.0 Å². The SMILES string of the molecule is [B]C(OCOC([B])C(=N)N)C(=N)N. The Hall–Kier alpha value is -1.01. The molecule has 0 saturated heterocycles. The van der Waals surface area contributed by atoms with Gasteiger partial charge in [-0.05, 0) is 0 Å². The van der Waals surface area contributed by atoms with Gasteiger partial charge < -0.3 is 20.9 Å². The van der Waals surface area contributed by atoms with Crippen LogP contribution in [0.25, 0.3) is 0 Å². The summed E-state index contributed by atoms with van der Waals surface area (Å²) in [7, 11) is 10.4. The largest absolute Gasteiger partial charge is 0.386 e. The molecular formula is C5H10B2N4O2. The maximum absolute atomic E-state index is 6.84. The normalized spacial score (nSPS) is 14.8. The summed E-state index contributed by atoms with van der Waals surface area (Å²) >= 11 is 0. The van der Waals surface area contributed by atoms with Gasteiger partial charge in [-0.2, -0.15) is 0 Å². The first-order valence-electron chi connectivity index (χ1n) is 3.37. The van der Waals surface area contributed by atoms with Crippen molar-refractivity contribution < 1.29 is 9.47 Å². The molecule has 0 rings (SSSR count). The summed E-state index contributed by atoms with van der Waals surface area (Å²) in [6.45, 7) is -0.276. The van der Waals surface area contributed by atoms with Gasteiger partial charge in [-0.3, -0.25) is 10.8 Å². The number of hydrogen-bond acceptors (Lipinski definition) is 4. The van der Waals surface area contributed by atoms with Crippen LogP contribution in [0, 0.1) is 10.8 Å². The van der Waals surface area contributed by atoms with E-state index in [0.717, 1.165) is 0 Å². The van der Waals surface area contributed by atoms with Gasteiger partial charge in [0, 0.05) is 0 Å². The Balaban J connectivity index is 3.56. The lowest BCUT2D eigenvalue weighted by Gasteiger charge is -2.15. The lowest BCUT2D eigenvalue weighted by Crippen LogP contribution is -2.35. The third-order valence-corrected chi connectivity index (χ3v) is 1.11. The van der Waals surface area contributed by atoms with Crippen LogP contribution in [0.2, 0.25) is 0 Å². The first-order chi connectivity index (χ1) is 5.95. The average molecular weight is 180 g/mol.